The SMILES string of the molecule is CC(=O)NC(Br)=C1C2CC3CC(C2)CC1C3. The van der Waals surface area contributed by atoms with Crippen LogP contribution in [0.1, 0.15) is 39.0 Å². The Labute approximate surface area is 105 Å². The molecule has 1 amide bonds. The molecule has 0 heterocycles. The predicted octanol–water partition coefficient (Wildman–Crippen LogP) is 3.19. The summed E-state index contributed by atoms with van der Waals surface area (Å²) in [6.07, 6.45) is 6.90. The summed E-state index contributed by atoms with van der Waals surface area (Å²) in [6, 6.07) is 0. The van der Waals surface area contributed by atoms with E-state index in [-0.39, 0.29) is 5.91 Å². The van der Waals surface area contributed by atoms with Crippen LogP contribution in [0.5, 0.6) is 0 Å². The second-order valence-corrected chi connectivity index (χ2v) is 6.55. The quantitative estimate of drug-likeness (QED) is 0.736. The summed E-state index contributed by atoms with van der Waals surface area (Å²) in [5, 5.41) is 2.93. The van der Waals surface area contributed by atoms with Gasteiger partial charge in [0.1, 0.15) is 0 Å². The van der Waals surface area contributed by atoms with E-state index in [1.54, 1.807) is 6.92 Å². The zero-order valence-electron chi connectivity index (χ0n) is 9.63. The molecule has 3 heteroatoms. The van der Waals surface area contributed by atoms with Crippen molar-refractivity contribution in [3.8, 4) is 0 Å². The molecule has 2 nitrogen and oxygen atoms in total. The summed E-state index contributed by atoms with van der Waals surface area (Å²) in [7, 11) is 0. The first-order chi connectivity index (χ1) is 7.63. The first-order valence-corrected chi connectivity index (χ1v) is 7.10. The average Bonchev–Trinajstić information content (AvgIpc) is 2.13. The van der Waals surface area contributed by atoms with Crippen molar-refractivity contribution in [2.24, 2.45) is 23.7 Å². The largest absolute Gasteiger partial charge is 0.321 e. The van der Waals surface area contributed by atoms with Gasteiger partial charge in [-0.3, -0.25) is 4.79 Å². The van der Waals surface area contributed by atoms with E-state index in [1.807, 2.05) is 0 Å². The highest BCUT2D eigenvalue weighted by Crippen LogP contribution is 2.57. The highest BCUT2D eigenvalue weighted by Gasteiger charge is 2.46. The predicted molar refractivity (Wildman–Crippen MR) is 66.8 cm³/mol. The molecule has 4 aliphatic carbocycles. The lowest BCUT2D eigenvalue weighted by Gasteiger charge is -2.51. The Bertz CT molecular complexity index is 331. The number of amides is 1. The van der Waals surface area contributed by atoms with Gasteiger partial charge in [0.05, 0.1) is 4.61 Å². The second kappa shape index (κ2) is 3.86. The van der Waals surface area contributed by atoms with Gasteiger partial charge in [-0.05, 0) is 77.3 Å². The highest BCUT2D eigenvalue weighted by molar-refractivity contribution is 9.11. The van der Waals surface area contributed by atoms with Gasteiger partial charge in [-0.15, -0.1) is 0 Å². The number of hydrogen-bond acceptors (Lipinski definition) is 1. The fraction of sp³-hybridized carbons (Fsp3) is 0.769. The lowest BCUT2D eigenvalue weighted by atomic mass is 9.54. The number of carbonyl (C=O) groups excluding carboxylic acids is 1. The van der Waals surface area contributed by atoms with Crippen LogP contribution in [0, 0.1) is 23.7 Å². The third kappa shape index (κ3) is 1.73. The van der Waals surface area contributed by atoms with E-state index in [2.05, 4.69) is 21.2 Å². The van der Waals surface area contributed by atoms with Crippen molar-refractivity contribution in [2.45, 2.75) is 39.0 Å². The van der Waals surface area contributed by atoms with Gasteiger partial charge >= 0.3 is 0 Å². The molecule has 0 aromatic rings. The van der Waals surface area contributed by atoms with Crippen molar-refractivity contribution in [3.63, 3.8) is 0 Å². The van der Waals surface area contributed by atoms with Crippen LogP contribution < -0.4 is 5.32 Å². The molecule has 0 unspecified atom stereocenters. The number of hydrogen-bond donors (Lipinski definition) is 1. The third-order valence-corrected chi connectivity index (χ3v) is 5.21. The number of rotatable bonds is 1. The van der Waals surface area contributed by atoms with Crippen molar-refractivity contribution < 1.29 is 4.79 Å². The number of carbonyl (C=O) groups is 1. The van der Waals surface area contributed by atoms with Crippen LogP contribution in [0.15, 0.2) is 10.2 Å². The summed E-state index contributed by atoms with van der Waals surface area (Å²) < 4.78 is 0.980. The van der Waals surface area contributed by atoms with Gasteiger partial charge in [0.25, 0.3) is 0 Å². The van der Waals surface area contributed by atoms with E-state index in [4.69, 9.17) is 0 Å². The molecular weight excluding hydrogens is 266 g/mol. The molecule has 0 aromatic carbocycles. The molecule has 0 aromatic heterocycles. The minimum atomic E-state index is 0.0354. The Morgan fingerprint density at radius 2 is 1.62 bits per heavy atom. The Balaban J connectivity index is 1.88. The fourth-order valence-corrected chi connectivity index (χ4v) is 5.20. The topological polar surface area (TPSA) is 29.1 Å². The average molecular weight is 284 g/mol. The normalized spacial score (nSPS) is 40.0. The highest BCUT2D eigenvalue weighted by atomic mass is 79.9. The first kappa shape index (κ1) is 10.8. The summed E-state index contributed by atoms with van der Waals surface area (Å²) in [4.78, 5) is 11.1. The van der Waals surface area contributed by atoms with Crippen LogP contribution >= 0.6 is 15.9 Å². The number of halogens is 1. The van der Waals surface area contributed by atoms with Crippen LogP contribution in [0.2, 0.25) is 0 Å². The van der Waals surface area contributed by atoms with Crippen molar-refractivity contribution in [1.82, 2.24) is 5.32 Å². The fourth-order valence-electron chi connectivity index (χ4n) is 4.28. The maximum absolute atomic E-state index is 11.1. The molecule has 0 saturated heterocycles. The number of allylic oxidation sites excluding steroid dienone is 1. The second-order valence-electron chi connectivity index (χ2n) is 5.75. The molecule has 16 heavy (non-hydrogen) atoms. The van der Waals surface area contributed by atoms with Crippen molar-refractivity contribution in [3.05, 3.63) is 10.2 Å². The van der Waals surface area contributed by atoms with E-state index >= 15 is 0 Å². The van der Waals surface area contributed by atoms with Crippen molar-refractivity contribution >= 4 is 21.8 Å². The lowest BCUT2D eigenvalue weighted by Crippen LogP contribution is -2.41. The Morgan fingerprint density at radius 3 is 2.06 bits per heavy atom. The van der Waals surface area contributed by atoms with E-state index in [0.29, 0.717) is 0 Å². The molecule has 4 fully saturated rings. The minimum Gasteiger partial charge on any atom is -0.321 e. The molecule has 0 radical (unpaired) electrons. The van der Waals surface area contributed by atoms with Crippen LogP contribution in [0.4, 0.5) is 0 Å². The van der Waals surface area contributed by atoms with E-state index in [0.717, 1.165) is 28.3 Å². The zero-order valence-corrected chi connectivity index (χ0v) is 11.2. The molecule has 1 N–H and O–H groups in total. The minimum absolute atomic E-state index is 0.0354. The van der Waals surface area contributed by atoms with Crippen LogP contribution in [-0.2, 0) is 4.79 Å². The van der Waals surface area contributed by atoms with Gasteiger partial charge in [0, 0.05) is 6.92 Å². The van der Waals surface area contributed by atoms with Gasteiger partial charge in [-0.2, -0.15) is 0 Å². The molecule has 88 valence electrons. The van der Waals surface area contributed by atoms with Gasteiger partial charge in [0.2, 0.25) is 5.91 Å². The smallest absolute Gasteiger partial charge is 0.221 e. The summed E-state index contributed by atoms with van der Waals surface area (Å²) >= 11 is 3.58. The first-order valence-electron chi connectivity index (χ1n) is 6.30. The van der Waals surface area contributed by atoms with Gasteiger partial charge < -0.3 is 5.32 Å². The number of nitrogens with one attached hydrogen (secondary N) is 1. The molecule has 4 rings (SSSR count). The van der Waals surface area contributed by atoms with Crippen molar-refractivity contribution in [2.75, 3.05) is 0 Å². The molecular formula is C13H18BrNO. The lowest BCUT2D eigenvalue weighted by molar-refractivity contribution is -0.118. The zero-order chi connectivity index (χ0) is 11.3. The van der Waals surface area contributed by atoms with Gasteiger partial charge in [0.15, 0.2) is 0 Å². The third-order valence-electron chi connectivity index (χ3n) is 4.56. The Morgan fingerprint density at radius 1 is 1.12 bits per heavy atom. The molecule has 0 atom stereocenters. The maximum Gasteiger partial charge on any atom is 0.221 e. The molecule has 4 saturated carbocycles. The standard InChI is InChI=1S/C13H18BrNO/c1-7(16)15-13(14)12-10-3-8-2-9(5-10)6-11(12)4-8/h8-11H,2-6H2,1H3,(H,15,16). The maximum atomic E-state index is 11.1. The van der Waals surface area contributed by atoms with Crippen LogP contribution in [0.25, 0.3) is 0 Å². The molecule has 4 aliphatic rings. The molecule has 4 bridgehead atoms. The monoisotopic (exact) mass is 283 g/mol. The van der Waals surface area contributed by atoms with Crippen LogP contribution in [-0.4, -0.2) is 5.91 Å². The molecule has 0 spiro atoms. The Kier molecular flexibility index (Phi) is 2.61. The van der Waals surface area contributed by atoms with Gasteiger partial charge in [-0.25, -0.2) is 0 Å². The van der Waals surface area contributed by atoms with Gasteiger partial charge in [-0.1, -0.05) is 0 Å². The summed E-state index contributed by atoms with van der Waals surface area (Å²) in [5.74, 6) is 3.48. The summed E-state index contributed by atoms with van der Waals surface area (Å²) in [6.45, 7) is 1.58. The van der Waals surface area contributed by atoms with E-state index in [1.165, 1.54) is 37.7 Å². The summed E-state index contributed by atoms with van der Waals surface area (Å²) in [5.41, 5.74) is 1.52. The van der Waals surface area contributed by atoms with E-state index < -0.39 is 0 Å². The van der Waals surface area contributed by atoms with E-state index in [9.17, 15) is 4.79 Å². The molecule has 0 aliphatic heterocycles. The van der Waals surface area contributed by atoms with Crippen LogP contribution in [0.3, 0.4) is 0 Å². The van der Waals surface area contributed by atoms with Crippen molar-refractivity contribution in [1.29, 1.82) is 0 Å². The Hall–Kier alpha value is -0.310.